The van der Waals surface area contributed by atoms with Gasteiger partial charge in [0, 0.05) is 25.4 Å². The predicted octanol–water partition coefficient (Wildman–Crippen LogP) is 0.0843. The van der Waals surface area contributed by atoms with Crippen molar-refractivity contribution in [1.82, 2.24) is 24.8 Å². The molecule has 1 atom stereocenters. The van der Waals surface area contributed by atoms with Gasteiger partial charge in [0.15, 0.2) is 0 Å². The van der Waals surface area contributed by atoms with Gasteiger partial charge in [-0.05, 0) is 12.5 Å². The molecular formula is C13H17N7O. The number of ether oxygens (including phenoxy) is 1. The molecule has 2 aromatic heterocycles. The van der Waals surface area contributed by atoms with Crippen LogP contribution in [0.25, 0.3) is 0 Å². The van der Waals surface area contributed by atoms with Gasteiger partial charge in [-0.2, -0.15) is 15.0 Å². The molecule has 0 aliphatic carbocycles. The quantitative estimate of drug-likeness (QED) is 0.812. The molecule has 110 valence electrons. The van der Waals surface area contributed by atoms with Gasteiger partial charge in [0.2, 0.25) is 17.8 Å². The van der Waals surface area contributed by atoms with E-state index in [-0.39, 0.29) is 18.0 Å². The van der Waals surface area contributed by atoms with Gasteiger partial charge in [0.1, 0.15) is 11.9 Å². The van der Waals surface area contributed by atoms with E-state index in [0.29, 0.717) is 18.2 Å². The third-order valence-corrected chi connectivity index (χ3v) is 3.24. The van der Waals surface area contributed by atoms with E-state index in [1.165, 1.54) is 0 Å². The zero-order valence-corrected chi connectivity index (χ0v) is 11.5. The summed E-state index contributed by atoms with van der Waals surface area (Å²) >= 11 is 0. The second-order valence-corrected chi connectivity index (χ2v) is 4.90. The minimum absolute atomic E-state index is 0.122. The monoisotopic (exact) mass is 287 g/mol. The molecule has 0 spiro atoms. The Morgan fingerprint density at radius 3 is 2.71 bits per heavy atom. The van der Waals surface area contributed by atoms with E-state index in [0.717, 1.165) is 19.5 Å². The Hall–Kier alpha value is -2.48. The summed E-state index contributed by atoms with van der Waals surface area (Å²) in [6.07, 6.45) is 2.78. The summed E-state index contributed by atoms with van der Waals surface area (Å²) in [5, 5.41) is 0. The molecule has 1 saturated heterocycles. The van der Waals surface area contributed by atoms with Crippen molar-refractivity contribution in [3.63, 3.8) is 0 Å². The van der Waals surface area contributed by atoms with Crippen LogP contribution < -0.4 is 16.2 Å². The van der Waals surface area contributed by atoms with Crippen molar-refractivity contribution in [3.8, 4) is 5.88 Å². The molecule has 1 aliphatic rings. The Labute approximate surface area is 122 Å². The lowest BCUT2D eigenvalue weighted by atomic mass is 10.3. The summed E-state index contributed by atoms with van der Waals surface area (Å²) in [6, 6.07) is 5.63. The molecule has 4 N–H and O–H groups in total. The summed E-state index contributed by atoms with van der Waals surface area (Å²) in [5.74, 6) is 1.53. The van der Waals surface area contributed by atoms with Gasteiger partial charge in [-0.3, -0.25) is 4.90 Å². The first-order valence-electron chi connectivity index (χ1n) is 6.75. The first-order chi connectivity index (χ1) is 10.2. The summed E-state index contributed by atoms with van der Waals surface area (Å²) in [7, 11) is 0. The van der Waals surface area contributed by atoms with Gasteiger partial charge in [-0.25, -0.2) is 4.98 Å². The summed E-state index contributed by atoms with van der Waals surface area (Å²) < 4.78 is 5.84. The standard InChI is InChI=1S/C13H17N7O/c14-12-17-10(18-13(15)19-12)8-20-6-4-9(7-20)21-11-3-1-2-5-16-11/h1-3,5,9H,4,6-8H2,(H4,14,15,17,18,19). The van der Waals surface area contributed by atoms with Crippen LogP contribution in [0.1, 0.15) is 12.2 Å². The van der Waals surface area contributed by atoms with Crippen LogP contribution in [0.15, 0.2) is 24.4 Å². The lowest BCUT2D eigenvalue weighted by Gasteiger charge is -2.15. The molecule has 1 fully saturated rings. The molecule has 0 saturated carbocycles. The number of anilines is 2. The number of hydrogen-bond donors (Lipinski definition) is 2. The van der Waals surface area contributed by atoms with Gasteiger partial charge in [-0.15, -0.1) is 0 Å². The molecule has 2 aromatic rings. The van der Waals surface area contributed by atoms with E-state index in [9.17, 15) is 0 Å². The SMILES string of the molecule is Nc1nc(N)nc(CN2CCC(Oc3ccccn3)C2)n1. The van der Waals surface area contributed by atoms with Crippen LogP contribution in [-0.2, 0) is 6.54 Å². The highest BCUT2D eigenvalue weighted by Gasteiger charge is 2.25. The lowest BCUT2D eigenvalue weighted by molar-refractivity contribution is 0.190. The molecule has 0 amide bonds. The predicted molar refractivity (Wildman–Crippen MR) is 77.2 cm³/mol. The summed E-state index contributed by atoms with van der Waals surface area (Å²) in [5.41, 5.74) is 11.1. The van der Waals surface area contributed by atoms with Gasteiger partial charge in [0.25, 0.3) is 0 Å². The van der Waals surface area contributed by atoms with Crippen molar-refractivity contribution in [2.24, 2.45) is 0 Å². The van der Waals surface area contributed by atoms with Crippen molar-refractivity contribution in [2.45, 2.75) is 19.1 Å². The number of rotatable bonds is 4. The molecule has 8 nitrogen and oxygen atoms in total. The number of hydrogen-bond acceptors (Lipinski definition) is 8. The molecule has 21 heavy (non-hydrogen) atoms. The summed E-state index contributed by atoms with van der Waals surface area (Å²) in [4.78, 5) is 18.3. The van der Waals surface area contributed by atoms with Crippen LogP contribution in [0.2, 0.25) is 0 Å². The van der Waals surface area contributed by atoms with Crippen LogP contribution in [0, 0.1) is 0 Å². The zero-order valence-electron chi connectivity index (χ0n) is 11.5. The molecule has 3 rings (SSSR count). The smallest absolute Gasteiger partial charge is 0.225 e. The molecule has 3 heterocycles. The van der Waals surface area contributed by atoms with Crippen LogP contribution in [0.5, 0.6) is 5.88 Å². The van der Waals surface area contributed by atoms with Gasteiger partial charge >= 0.3 is 0 Å². The molecule has 1 aliphatic heterocycles. The summed E-state index contributed by atoms with van der Waals surface area (Å²) in [6.45, 7) is 2.28. The molecule has 0 bridgehead atoms. The average molecular weight is 287 g/mol. The van der Waals surface area contributed by atoms with Crippen molar-refractivity contribution >= 4 is 11.9 Å². The van der Waals surface area contributed by atoms with E-state index < -0.39 is 0 Å². The maximum atomic E-state index is 5.84. The van der Waals surface area contributed by atoms with Gasteiger partial charge in [0.05, 0.1) is 6.54 Å². The number of nitrogen functional groups attached to an aromatic ring is 2. The van der Waals surface area contributed by atoms with Gasteiger partial charge in [-0.1, -0.05) is 6.07 Å². The largest absolute Gasteiger partial charge is 0.473 e. The molecule has 0 radical (unpaired) electrons. The van der Waals surface area contributed by atoms with E-state index in [1.54, 1.807) is 6.20 Å². The zero-order chi connectivity index (χ0) is 14.7. The van der Waals surface area contributed by atoms with E-state index in [4.69, 9.17) is 16.2 Å². The lowest BCUT2D eigenvalue weighted by Crippen LogP contribution is -2.26. The number of pyridine rings is 1. The first kappa shape index (κ1) is 13.5. The third kappa shape index (κ3) is 3.54. The van der Waals surface area contributed by atoms with Crippen molar-refractivity contribution in [2.75, 3.05) is 24.6 Å². The highest BCUT2D eigenvalue weighted by atomic mass is 16.5. The van der Waals surface area contributed by atoms with E-state index in [1.807, 2.05) is 18.2 Å². The minimum Gasteiger partial charge on any atom is -0.473 e. The minimum atomic E-state index is 0.122. The Bertz CT molecular complexity index is 586. The van der Waals surface area contributed by atoms with Crippen molar-refractivity contribution in [3.05, 3.63) is 30.2 Å². The highest BCUT2D eigenvalue weighted by Crippen LogP contribution is 2.17. The normalized spacial score (nSPS) is 18.8. The van der Waals surface area contributed by atoms with Gasteiger partial charge < -0.3 is 16.2 Å². The van der Waals surface area contributed by atoms with Crippen molar-refractivity contribution < 1.29 is 4.74 Å². The van der Waals surface area contributed by atoms with Crippen molar-refractivity contribution in [1.29, 1.82) is 0 Å². The average Bonchev–Trinajstić information content (AvgIpc) is 2.86. The van der Waals surface area contributed by atoms with Crippen LogP contribution in [0.4, 0.5) is 11.9 Å². The topological polar surface area (TPSA) is 116 Å². The maximum absolute atomic E-state index is 5.84. The molecular weight excluding hydrogens is 270 g/mol. The van der Waals surface area contributed by atoms with Crippen LogP contribution >= 0.6 is 0 Å². The Morgan fingerprint density at radius 2 is 2.00 bits per heavy atom. The number of nitrogens with zero attached hydrogens (tertiary/aromatic N) is 5. The number of aromatic nitrogens is 4. The fourth-order valence-corrected chi connectivity index (χ4v) is 2.35. The third-order valence-electron chi connectivity index (χ3n) is 3.24. The fourth-order valence-electron chi connectivity index (χ4n) is 2.35. The molecule has 1 unspecified atom stereocenters. The number of likely N-dealkylation sites (tertiary alicyclic amines) is 1. The Balaban J connectivity index is 1.57. The van der Waals surface area contributed by atoms with Crippen LogP contribution in [-0.4, -0.2) is 44.0 Å². The molecule has 8 heteroatoms. The molecule has 0 aromatic carbocycles. The van der Waals surface area contributed by atoms with Crippen LogP contribution in [0.3, 0.4) is 0 Å². The Morgan fingerprint density at radius 1 is 1.19 bits per heavy atom. The van der Waals surface area contributed by atoms with E-state index in [2.05, 4.69) is 24.8 Å². The highest BCUT2D eigenvalue weighted by molar-refractivity contribution is 5.25. The fraction of sp³-hybridized carbons (Fsp3) is 0.385. The second kappa shape index (κ2) is 5.88. The Kier molecular flexibility index (Phi) is 3.78. The second-order valence-electron chi connectivity index (χ2n) is 4.90. The first-order valence-corrected chi connectivity index (χ1v) is 6.75. The maximum Gasteiger partial charge on any atom is 0.225 e. The number of nitrogens with two attached hydrogens (primary N) is 2. The van der Waals surface area contributed by atoms with E-state index >= 15 is 0 Å².